The zero-order valence-corrected chi connectivity index (χ0v) is 19.8. The lowest BCUT2D eigenvalue weighted by Gasteiger charge is -2.27. The molecule has 190 valence electrons. The molecule has 0 saturated heterocycles. The summed E-state index contributed by atoms with van der Waals surface area (Å²) in [6.07, 6.45) is -9.66. The monoisotopic (exact) mass is 540 g/mol. The van der Waals surface area contributed by atoms with Gasteiger partial charge in [0.2, 0.25) is 5.95 Å². The molecule has 0 amide bonds. The van der Waals surface area contributed by atoms with Crippen molar-refractivity contribution >= 4 is 27.4 Å². The molecule has 2 aromatic carbocycles. The van der Waals surface area contributed by atoms with Crippen LogP contribution >= 0.6 is 11.6 Å². The number of anilines is 1. The SMILES string of the molecule is CC(C)(CS(=O)(=O)c1ccc(-c2c(Cl)cc(Cc3nc(N)n[nH]3)cc2C(F)(F)F)cc1)C(F)(F)F. The third-order valence-corrected chi connectivity index (χ3v) is 7.59. The standard InChI is InChI=1S/C21H19ClF6N4O2S/c1-19(2,21(26,27)28)10-35(33,34)13-5-3-12(4-6-13)17-14(20(23,24)25)7-11(8-15(17)22)9-16-30-18(29)32-31-16/h3-8H,9-10H2,1-2H3,(H3,29,30,31,32). The molecule has 6 nitrogen and oxygen atoms in total. The lowest BCUT2D eigenvalue weighted by molar-refractivity contribution is -0.203. The first-order chi connectivity index (χ1) is 15.9. The van der Waals surface area contributed by atoms with E-state index in [-0.39, 0.29) is 34.3 Å². The number of sulfone groups is 1. The number of hydrogen-bond donors (Lipinski definition) is 2. The molecule has 0 unspecified atom stereocenters. The highest BCUT2D eigenvalue weighted by atomic mass is 35.5. The van der Waals surface area contributed by atoms with Crippen LogP contribution in [0, 0.1) is 5.41 Å². The molecule has 0 bridgehead atoms. The Bertz CT molecular complexity index is 1330. The molecule has 0 aliphatic heterocycles. The van der Waals surface area contributed by atoms with Crippen LogP contribution in [-0.2, 0) is 22.4 Å². The van der Waals surface area contributed by atoms with Crippen LogP contribution < -0.4 is 5.73 Å². The van der Waals surface area contributed by atoms with Crippen LogP contribution in [0.4, 0.5) is 32.3 Å². The average Bonchev–Trinajstić information content (AvgIpc) is 3.10. The van der Waals surface area contributed by atoms with Crippen molar-refractivity contribution in [1.82, 2.24) is 15.2 Å². The Kier molecular flexibility index (Phi) is 6.90. The minimum Gasteiger partial charge on any atom is -0.367 e. The van der Waals surface area contributed by atoms with E-state index in [9.17, 15) is 34.8 Å². The Morgan fingerprint density at radius 2 is 1.63 bits per heavy atom. The summed E-state index contributed by atoms with van der Waals surface area (Å²) in [7, 11) is -4.39. The maximum Gasteiger partial charge on any atom is 0.417 e. The largest absolute Gasteiger partial charge is 0.417 e. The van der Waals surface area contributed by atoms with Crippen molar-refractivity contribution < 1.29 is 34.8 Å². The van der Waals surface area contributed by atoms with Gasteiger partial charge in [0.25, 0.3) is 0 Å². The van der Waals surface area contributed by atoms with Gasteiger partial charge in [0, 0.05) is 17.0 Å². The summed E-state index contributed by atoms with van der Waals surface area (Å²) in [6, 6.07) is 6.22. The van der Waals surface area contributed by atoms with Crippen molar-refractivity contribution in [3.63, 3.8) is 0 Å². The number of halogens is 7. The lowest BCUT2D eigenvalue weighted by Crippen LogP contribution is -2.38. The fourth-order valence-electron chi connectivity index (χ4n) is 3.33. The van der Waals surface area contributed by atoms with E-state index in [0.29, 0.717) is 0 Å². The van der Waals surface area contributed by atoms with E-state index in [2.05, 4.69) is 15.2 Å². The number of benzene rings is 2. The summed E-state index contributed by atoms with van der Waals surface area (Å²) in [5.41, 5.74) is 1.49. The summed E-state index contributed by atoms with van der Waals surface area (Å²) in [5, 5.41) is 5.83. The predicted octanol–water partition coefficient (Wildman–Crippen LogP) is 5.68. The van der Waals surface area contributed by atoms with E-state index in [1.54, 1.807) is 0 Å². The van der Waals surface area contributed by atoms with Gasteiger partial charge in [-0.2, -0.15) is 31.3 Å². The molecule has 14 heteroatoms. The molecule has 0 aliphatic carbocycles. The number of alkyl halides is 6. The van der Waals surface area contributed by atoms with Gasteiger partial charge < -0.3 is 5.73 Å². The second-order valence-electron chi connectivity index (χ2n) is 8.48. The number of nitrogens with two attached hydrogens (primary N) is 1. The molecule has 1 heterocycles. The van der Waals surface area contributed by atoms with Crippen molar-refractivity contribution in [3.05, 3.63) is 58.4 Å². The van der Waals surface area contributed by atoms with E-state index >= 15 is 0 Å². The number of nitrogens with zero attached hydrogens (tertiary/aromatic N) is 2. The fourth-order valence-corrected chi connectivity index (χ4v) is 5.52. The molecule has 0 aliphatic rings. The van der Waals surface area contributed by atoms with Crippen molar-refractivity contribution in [2.24, 2.45) is 5.41 Å². The number of rotatable bonds is 6. The highest BCUT2D eigenvalue weighted by Crippen LogP contribution is 2.43. The zero-order valence-electron chi connectivity index (χ0n) is 18.2. The summed E-state index contributed by atoms with van der Waals surface area (Å²) in [4.78, 5) is 3.38. The Balaban J connectivity index is 2.00. The normalized spacial score (nSPS) is 13.3. The van der Waals surface area contributed by atoms with E-state index in [0.717, 1.165) is 44.2 Å². The van der Waals surface area contributed by atoms with Crippen LogP contribution in [0.1, 0.15) is 30.8 Å². The summed E-state index contributed by atoms with van der Waals surface area (Å²) < 4.78 is 106. The van der Waals surface area contributed by atoms with Crippen molar-refractivity contribution in [2.45, 2.75) is 37.5 Å². The maximum absolute atomic E-state index is 13.9. The van der Waals surface area contributed by atoms with Gasteiger partial charge in [-0.15, -0.1) is 5.10 Å². The van der Waals surface area contributed by atoms with Gasteiger partial charge in [-0.25, -0.2) is 8.42 Å². The molecule has 0 saturated carbocycles. The van der Waals surface area contributed by atoms with E-state index in [1.807, 2.05) is 0 Å². The third kappa shape index (κ3) is 5.89. The molecule has 0 radical (unpaired) electrons. The minimum absolute atomic E-state index is 0.0631. The number of hydrogen-bond acceptors (Lipinski definition) is 5. The van der Waals surface area contributed by atoms with E-state index < -0.39 is 49.4 Å². The molecule has 0 atom stereocenters. The quantitative estimate of drug-likeness (QED) is 0.392. The van der Waals surface area contributed by atoms with E-state index in [4.69, 9.17) is 17.3 Å². The van der Waals surface area contributed by atoms with Crippen LogP contribution in [-0.4, -0.2) is 35.5 Å². The summed E-state index contributed by atoms with van der Waals surface area (Å²) in [5.74, 6) is -1.08. The molecule has 3 aromatic rings. The number of H-pyrrole nitrogens is 1. The number of nitrogen functional groups attached to an aromatic ring is 1. The number of aromatic nitrogens is 3. The predicted molar refractivity (Wildman–Crippen MR) is 117 cm³/mol. The van der Waals surface area contributed by atoms with E-state index in [1.165, 1.54) is 6.07 Å². The van der Waals surface area contributed by atoms with Crippen LogP contribution in [0.3, 0.4) is 0 Å². The average molecular weight is 541 g/mol. The Hall–Kier alpha value is -2.80. The Morgan fingerprint density at radius 1 is 1.03 bits per heavy atom. The highest BCUT2D eigenvalue weighted by Gasteiger charge is 2.50. The first-order valence-corrected chi connectivity index (χ1v) is 11.9. The smallest absolute Gasteiger partial charge is 0.367 e. The van der Waals surface area contributed by atoms with Crippen LogP contribution in [0.25, 0.3) is 11.1 Å². The maximum atomic E-state index is 13.9. The lowest BCUT2D eigenvalue weighted by atomic mass is 9.96. The molecule has 3 N–H and O–H groups in total. The van der Waals surface area contributed by atoms with Gasteiger partial charge in [-0.1, -0.05) is 37.6 Å². The van der Waals surface area contributed by atoms with Crippen molar-refractivity contribution in [3.8, 4) is 11.1 Å². The summed E-state index contributed by atoms with van der Waals surface area (Å²) >= 11 is 6.20. The summed E-state index contributed by atoms with van der Waals surface area (Å²) in [6.45, 7) is 1.51. The van der Waals surface area contributed by atoms with Crippen LogP contribution in [0.2, 0.25) is 5.02 Å². The number of nitrogens with one attached hydrogen (secondary N) is 1. The first kappa shape index (κ1) is 26.8. The second kappa shape index (κ2) is 9.01. The molecule has 0 spiro atoms. The topological polar surface area (TPSA) is 102 Å². The van der Waals surface area contributed by atoms with Crippen LogP contribution in [0.5, 0.6) is 0 Å². The molecule has 35 heavy (non-hydrogen) atoms. The van der Waals surface area contributed by atoms with Gasteiger partial charge in [-0.3, -0.25) is 5.10 Å². The Labute approximate surface area is 201 Å². The molecule has 0 fully saturated rings. The van der Waals surface area contributed by atoms with Gasteiger partial charge >= 0.3 is 12.4 Å². The Morgan fingerprint density at radius 3 is 2.11 bits per heavy atom. The van der Waals surface area contributed by atoms with Gasteiger partial charge in [0.1, 0.15) is 5.82 Å². The van der Waals surface area contributed by atoms with Crippen molar-refractivity contribution in [2.75, 3.05) is 11.5 Å². The van der Waals surface area contributed by atoms with Crippen molar-refractivity contribution in [1.29, 1.82) is 0 Å². The third-order valence-electron chi connectivity index (χ3n) is 5.20. The fraction of sp³-hybridized carbons (Fsp3) is 0.333. The van der Waals surface area contributed by atoms with Crippen LogP contribution in [0.15, 0.2) is 41.3 Å². The molecule has 1 aromatic heterocycles. The molecule has 3 rings (SSSR count). The highest BCUT2D eigenvalue weighted by molar-refractivity contribution is 7.91. The van der Waals surface area contributed by atoms with Gasteiger partial charge in [0.05, 0.1) is 21.6 Å². The van der Waals surface area contributed by atoms with Gasteiger partial charge in [0.15, 0.2) is 9.84 Å². The first-order valence-electron chi connectivity index (χ1n) is 9.87. The molecular formula is C21H19ClF6N4O2S. The molecular weight excluding hydrogens is 522 g/mol. The van der Waals surface area contributed by atoms with Gasteiger partial charge in [-0.05, 0) is 35.4 Å². The zero-order chi connectivity index (χ0) is 26.4. The second-order valence-corrected chi connectivity index (χ2v) is 10.9. The minimum atomic E-state index is -4.82. The number of aromatic amines is 1.